The van der Waals surface area contributed by atoms with Crippen molar-refractivity contribution >= 4 is 66.8 Å². The maximum atomic E-state index is 13.0. The van der Waals surface area contributed by atoms with Gasteiger partial charge in [0.2, 0.25) is 0 Å². The SMILES string of the molecule is CN(C(=O)N1CCN(c2ccccc2Cl)CC1)[C@H](Cc1cc(Br)c(N)c(Br)c1)C(=O)O. The number of nitrogen functional groups attached to an aromatic ring is 1. The Morgan fingerprint density at radius 3 is 2.29 bits per heavy atom. The Hall–Kier alpha value is -1.97. The molecular weight excluding hydrogens is 552 g/mol. The number of urea groups is 1. The molecule has 1 atom stereocenters. The average molecular weight is 575 g/mol. The first-order chi connectivity index (χ1) is 14.7. The van der Waals surface area contributed by atoms with Crippen LogP contribution in [0.25, 0.3) is 0 Å². The molecule has 1 aliphatic rings. The number of aliphatic carboxylic acids is 1. The molecule has 1 heterocycles. The molecule has 0 unspecified atom stereocenters. The maximum absolute atomic E-state index is 13.0. The molecule has 2 amide bonds. The first-order valence-corrected chi connectivity index (χ1v) is 11.6. The molecule has 0 spiro atoms. The van der Waals surface area contributed by atoms with E-state index in [4.69, 9.17) is 17.3 Å². The second kappa shape index (κ2) is 10.1. The van der Waals surface area contributed by atoms with E-state index >= 15 is 0 Å². The minimum Gasteiger partial charge on any atom is -0.480 e. The van der Waals surface area contributed by atoms with Crippen LogP contribution in [0, 0.1) is 0 Å². The van der Waals surface area contributed by atoms with Gasteiger partial charge in [0.25, 0.3) is 0 Å². The lowest BCUT2D eigenvalue weighted by molar-refractivity contribution is -0.141. The molecule has 2 aromatic carbocycles. The Labute approximate surface area is 203 Å². The summed E-state index contributed by atoms with van der Waals surface area (Å²) in [7, 11) is 1.53. The summed E-state index contributed by atoms with van der Waals surface area (Å²) < 4.78 is 1.34. The topological polar surface area (TPSA) is 90.1 Å². The number of amides is 2. The van der Waals surface area contributed by atoms with Gasteiger partial charge in [0.1, 0.15) is 6.04 Å². The summed E-state index contributed by atoms with van der Waals surface area (Å²) in [5, 5.41) is 10.5. The first-order valence-electron chi connectivity index (χ1n) is 9.66. The molecule has 0 bridgehead atoms. The van der Waals surface area contributed by atoms with E-state index in [0.717, 1.165) is 11.3 Å². The zero-order valence-electron chi connectivity index (χ0n) is 16.9. The van der Waals surface area contributed by atoms with Crippen LogP contribution >= 0.6 is 43.5 Å². The van der Waals surface area contributed by atoms with Crippen LogP contribution in [0.3, 0.4) is 0 Å². The van der Waals surface area contributed by atoms with Crippen LogP contribution in [0.1, 0.15) is 5.56 Å². The predicted octanol–water partition coefficient (Wildman–Crippen LogP) is 4.32. The molecule has 31 heavy (non-hydrogen) atoms. The van der Waals surface area contributed by atoms with E-state index in [-0.39, 0.29) is 12.5 Å². The van der Waals surface area contributed by atoms with E-state index in [1.54, 1.807) is 17.0 Å². The molecule has 0 aromatic heterocycles. The molecule has 10 heteroatoms. The van der Waals surface area contributed by atoms with Crippen molar-refractivity contribution in [3.8, 4) is 0 Å². The molecule has 0 aliphatic carbocycles. The molecular formula is C21H23Br2ClN4O3. The summed E-state index contributed by atoms with van der Waals surface area (Å²) in [6.45, 7) is 2.22. The van der Waals surface area contributed by atoms with Gasteiger partial charge in [-0.15, -0.1) is 0 Å². The summed E-state index contributed by atoms with van der Waals surface area (Å²) in [5.41, 5.74) is 8.15. The molecule has 3 N–H and O–H groups in total. The van der Waals surface area contributed by atoms with Gasteiger partial charge in [0.15, 0.2) is 0 Å². The summed E-state index contributed by atoms with van der Waals surface area (Å²) in [4.78, 5) is 30.1. The third-order valence-corrected chi connectivity index (χ3v) is 7.00. The summed E-state index contributed by atoms with van der Waals surface area (Å²) in [5.74, 6) is -1.06. The van der Waals surface area contributed by atoms with E-state index in [1.807, 2.05) is 24.3 Å². The molecule has 1 saturated heterocycles. The van der Waals surface area contributed by atoms with E-state index in [0.29, 0.717) is 45.8 Å². The number of carbonyl (C=O) groups is 2. The van der Waals surface area contributed by atoms with E-state index in [9.17, 15) is 14.7 Å². The van der Waals surface area contributed by atoms with Gasteiger partial charge in [-0.05, 0) is 61.7 Å². The van der Waals surface area contributed by atoms with Crippen LogP contribution in [0.15, 0.2) is 45.3 Å². The Bertz CT molecular complexity index is 960. The highest BCUT2D eigenvalue weighted by Crippen LogP contribution is 2.30. The summed E-state index contributed by atoms with van der Waals surface area (Å²) in [6.07, 6.45) is 0.161. The number of nitrogens with two attached hydrogens (primary N) is 1. The molecule has 3 rings (SSSR count). The van der Waals surface area contributed by atoms with Gasteiger partial charge in [-0.3, -0.25) is 0 Å². The number of carboxylic acid groups (broad SMARTS) is 1. The molecule has 0 saturated carbocycles. The molecule has 2 aromatic rings. The van der Waals surface area contributed by atoms with Gasteiger partial charge in [-0.2, -0.15) is 0 Å². The lowest BCUT2D eigenvalue weighted by atomic mass is 10.0. The number of para-hydroxylation sites is 1. The van der Waals surface area contributed by atoms with Gasteiger partial charge in [-0.25, -0.2) is 9.59 Å². The van der Waals surface area contributed by atoms with Crippen molar-refractivity contribution < 1.29 is 14.7 Å². The first kappa shape index (κ1) is 23.7. The lowest BCUT2D eigenvalue weighted by Gasteiger charge is -2.39. The van der Waals surface area contributed by atoms with E-state index in [2.05, 4.69) is 36.8 Å². The zero-order valence-corrected chi connectivity index (χ0v) is 20.8. The highest BCUT2D eigenvalue weighted by molar-refractivity contribution is 9.11. The number of carbonyl (C=O) groups excluding carboxylic acids is 1. The molecule has 1 fully saturated rings. The number of hydrogen-bond acceptors (Lipinski definition) is 4. The Kier molecular flexibility index (Phi) is 7.72. The fraction of sp³-hybridized carbons (Fsp3) is 0.333. The monoisotopic (exact) mass is 572 g/mol. The Morgan fingerprint density at radius 2 is 1.74 bits per heavy atom. The van der Waals surface area contributed by atoms with Crippen molar-refractivity contribution in [2.24, 2.45) is 0 Å². The number of halogens is 3. The average Bonchev–Trinajstić information content (AvgIpc) is 2.75. The van der Waals surface area contributed by atoms with E-state index < -0.39 is 12.0 Å². The van der Waals surface area contributed by atoms with Gasteiger partial charge in [0.05, 0.1) is 16.4 Å². The highest BCUT2D eigenvalue weighted by atomic mass is 79.9. The number of benzene rings is 2. The normalized spacial score (nSPS) is 15.0. The number of rotatable bonds is 5. The number of nitrogens with zero attached hydrogens (tertiary/aromatic N) is 3. The van der Waals surface area contributed by atoms with Gasteiger partial charge in [-0.1, -0.05) is 23.7 Å². The fourth-order valence-electron chi connectivity index (χ4n) is 3.57. The quantitative estimate of drug-likeness (QED) is 0.520. The van der Waals surface area contributed by atoms with Crippen molar-refractivity contribution in [3.05, 3.63) is 55.9 Å². The number of carboxylic acids is 1. The van der Waals surface area contributed by atoms with Crippen molar-refractivity contribution in [2.75, 3.05) is 43.9 Å². The smallest absolute Gasteiger partial charge is 0.326 e. The highest BCUT2D eigenvalue weighted by Gasteiger charge is 2.32. The van der Waals surface area contributed by atoms with E-state index in [1.165, 1.54) is 11.9 Å². The number of anilines is 2. The minimum absolute atomic E-state index is 0.161. The number of likely N-dealkylation sites (N-methyl/N-ethyl adjacent to an activating group) is 1. The van der Waals surface area contributed by atoms with Crippen LogP contribution in [-0.4, -0.2) is 66.2 Å². The third kappa shape index (κ3) is 5.45. The van der Waals surface area contributed by atoms with Crippen molar-refractivity contribution in [3.63, 3.8) is 0 Å². The minimum atomic E-state index is -1.06. The standard InChI is InChI=1S/C21H23Br2ClN4O3/c1-26(18(20(29)30)12-13-10-14(22)19(25)15(23)11-13)21(31)28-8-6-27(7-9-28)17-5-3-2-4-16(17)24/h2-5,10-11,18H,6-9,12,25H2,1H3,(H,29,30)/t18-/m1/s1. The largest absolute Gasteiger partial charge is 0.480 e. The van der Waals surface area contributed by atoms with Crippen LogP contribution in [0.2, 0.25) is 5.02 Å². The Morgan fingerprint density at radius 1 is 1.16 bits per heavy atom. The van der Waals surface area contributed by atoms with Gasteiger partial charge < -0.3 is 25.5 Å². The Balaban J connectivity index is 1.67. The van der Waals surface area contributed by atoms with Crippen molar-refractivity contribution in [2.45, 2.75) is 12.5 Å². The molecule has 7 nitrogen and oxygen atoms in total. The third-order valence-electron chi connectivity index (χ3n) is 5.37. The second-order valence-corrected chi connectivity index (χ2v) is 9.47. The molecule has 1 aliphatic heterocycles. The number of piperazine rings is 1. The lowest BCUT2D eigenvalue weighted by Crippen LogP contribution is -2.55. The second-order valence-electron chi connectivity index (χ2n) is 7.35. The number of hydrogen-bond donors (Lipinski definition) is 2. The van der Waals surface area contributed by atoms with Crippen molar-refractivity contribution in [1.29, 1.82) is 0 Å². The van der Waals surface area contributed by atoms with Crippen LogP contribution in [-0.2, 0) is 11.2 Å². The molecule has 0 radical (unpaired) electrons. The van der Waals surface area contributed by atoms with Crippen LogP contribution in [0.5, 0.6) is 0 Å². The maximum Gasteiger partial charge on any atom is 0.326 e. The summed E-state index contributed by atoms with van der Waals surface area (Å²) >= 11 is 13.0. The zero-order chi connectivity index (χ0) is 22.7. The van der Waals surface area contributed by atoms with Gasteiger partial charge in [0, 0.05) is 48.6 Å². The molecule has 166 valence electrons. The van der Waals surface area contributed by atoms with Crippen LogP contribution < -0.4 is 10.6 Å². The fourth-order valence-corrected chi connectivity index (χ4v) is 5.11. The van der Waals surface area contributed by atoms with Crippen molar-refractivity contribution in [1.82, 2.24) is 9.80 Å². The summed E-state index contributed by atoms with van der Waals surface area (Å²) in [6, 6.07) is 9.84. The predicted molar refractivity (Wildman–Crippen MR) is 130 cm³/mol. The van der Waals surface area contributed by atoms with Crippen LogP contribution in [0.4, 0.5) is 16.2 Å². The van der Waals surface area contributed by atoms with Gasteiger partial charge >= 0.3 is 12.0 Å².